The second-order valence-electron chi connectivity index (χ2n) is 5.10. The molecule has 0 atom stereocenters. The number of thioether (sulfide) groups is 1. The number of benzene rings is 2. The molecule has 126 valence electrons. The molecule has 0 spiro atoms. The molecule has 1 N–H and O–H groups in total. The normalized spacial score (nSPS) is 11.2. The highest BCUT2D eigenvalue weighted by Gasteiger charge is 2.03. The van der Waals surface area contributed by atoms with Gasteiger partial charge in [-0.2, -0.15) is 5.10 Å². The monoisotopic (exact) mass is 342 g/mol. The lowest BCUT2D eigenvalue weighted by atomic mass is 10.1. The summed E-state index contributed by atoms with van der Waals surface area (Å²) in [7, 11) is 0. The van der Waals surface area contributed by atoms with Crippen molar-refractivity contribution in [1.29, 1.82) is 0 Å². The fourth-order valence-corrected chi connectivity index (χ4v) is 2.88. The molecule has 0 aliphatic carbocycles. The molecule has 0 radical (unpaired) electrons. The predicted molar refractivity (Wildman–Crippen MR) is 99.7 cm³/mol. The first-order valence-corrected chi connectivity index (χ1v) is 8.92. The smallest absolute Gasteiger partial charge is 0.240 e. The average molecular weight is 342 g/mol. The van der Waals surface area contributed by atoms with Crippen molar-refractivity contribution in [3.05, 3.63) is 60.2 Å². The van der Waals surface area contributed by atoms with Gasteiger partial charge in [-0.25, -0.2) is 5.43 Å². The number of nitrogens with one attached hydrogen (secondary N) is 1. The number of amides is 1. The van der Waals surface area contributed by atoms with Crippen molar-refractivity contribution in [3.8, 4) is 5.75 Å². The van der Waals surface area contributed by atoms with Gasteiger partial charge in [-0.15, -0.1) is 11.8 Å². The standard InChI is InChI=1S/C19H22N2O2S/c1-3-23-17-11-9-16(10-12-17)15(2)20-21-19(22)13-14-24-18-7-5-4-6-8-18/h4-12H,3,13-14H2,1-2H3,(H,21,22)/b20-15-. The molecule has 2 aromatic rings. The van der Waals surface area contributed by atoms with Crippen LogP contribution in [0.15, 0.2) is 64.6 Å². The van der Waals surface area contributed by atoms with E-state index < -0.39 is 0 Å². The molecule has 5 heteroatoms. The van der Waals surface area contributed by atoms with E-state index in [-0.39, 0.29) is 5.91 Å². The highest BCUT2D eigenvalue weighted by Crippen LogP contribution is 2.17. The van der Waals surface area contributed by atoms with Crippen molar-refractivity contribution in [2.75, 3.05) is 12.4 Å². The van der Waals surface area contributed by atoms with Gasteiger partial charge in [-0.1, -0.05) is 18.2 Å². The molecule has 4 nitrogen and oxygen atoms in total. The Hall–Kier alpha value is -2.27. The van der Waals surface area contributed by atoms with Crippen LogP contribution in [-0.4, -0.2) is 24.0 Å². The first-order valence-electron chi connectivity index (χ1n) is 7.93. The fraction of sp³-hybridized carbons (Fsp3) is 0.263. The van der Waals surface area contributed by atoms with Gasteiger partial charge in [0, 0.05) is 17.1 Å². The molecule has 1 amide bonds. The number of ether oxygens (including phenoxy) is 1. The molecule has 0 aromatic heterocycles. The molecule has 0 aliphatic rings. The third kappa shape index (κ3) is 6.08. The van der Waals surface area contributed by atoms with E-state index in [9.17, 15) is 4.79 Å². The van der Waals surface area contributed by atoms with Crippen LogP contribution in [-0.2, 0) is 4.79 Å². The molecule has 2 rings (SSSR count). The molecular weight excluding hydrogens is 320 g/mol. The number of hydrazone groups is 1. The number of nitrogens with zero attached hydrogens (tertiary/aromatic N) is 1. The van der Waals surface area contributed by atoms with Crippen molar-refractivity contribution < 1.29 is 9.53 Å². The zero-order valence-corrected chi connectivity index (χ0v) is 14.8. The first-order chi connectivity index (χ1) is 11.7. The molecule has 0 unspecified atom stereocenters. The topological polar surface area (TPSA) is 50.7 Å². The van der Waals surface area contributed by atoms with Gasteiger partial charge in [0.05, 0.1) is 12.3 Å². The third-order valence-corrected chi connectivity index (χ3v) is 4.29. The van der Waals surface area contributed by atoms with Gasteiger partial charge < -0.3 is 4.74 Å². The van der Waals surface area contributed by atoms with Crippen LogP contribution in [0.3, 0.4) is 0 Å². The van der Waals surface area contributed by atoms with Gasteiger partial charge in [0.2, 0.25) is 5.91 Å². The number of carbonyl (C=O) groups is 1. The molecule has 0 bridgehead atoms. The summed E-state index contributed by atoms with van der Waals surface area (Å²) >= 11 is 1.66. The Bertz CT molecular complexity index is 670. The van der Waals surface area contributed by atoms with E-state index in [1.165, 1.54) is 4.90 Å². The maximum absolute atomic E-state index is 11.9. The Morgan fingerprint density at radius 2 is 1.83 bits per heavy atom. The Balaban J connectivity index is 1.77. The fourth-order valence-electron chi connectivity index (χ4n) is 2.00. The molecule has 0 fully saturated rings. The number of rotatable bonds is 8. The van der Waals surface area contributed by atoms with E-state index in [4.69, 9.17) is 4.74 Å². The molecule has 0 saturated heterocycles. The van der Waals surface area contributed by atoms with E-state index in [1.807, 2.05) is 68.4 Å². The van der Waals surface area contributed by atoms with E-state index in [0.29, 0.717) is 13.0 Å². The summed E-state index contributed by atoms with van der Waals surface area (Å²) in [4.78, 5) is 13.0. The van der Waals surface area contributed by atoms with Crippen molar-refractivity contribution in [2.24, 2.45) is 5.10 Å². The van der Waals surface area contributed by atoms with Gasteiger partial charge in [-0.05, 0) is 55.8 Å². The largest absolute Gasteiger partial charge is 0.494 e. The van der Waals surface area contributed by atoms with Crippen LogP contribution in [0.25, 0.3) is 0 Å². The van der Waals surface area contributed by atoms with Crippen LogP contribution in [0.4, 0.5) is 0 Å². The average Bonchev–Trinajstić information content (AvgIpc) is 2.61. The van der Waals surface area contributed by atoms with Crippen LogP contribution in [0.5, 0.6) is 5.75 Å². The predicted octanol–water partition coefficient (Wildman–Crippen LogP) is 4.11. The minimum atomic E-state index is -0.0799. The summed E-state index contributed by atoms with van der Waals surface area (Å²) in [5, 5.41) is 4.16. The van der Waals surface area contributed by atoms with Crippen molar-refractivity contribution in [1.82, 2.24) is 5.43 Å². The minimum Gasteiger partial charge on any atom is -0.494 e. The van der Waals surface area contributed by atoms with Crippen molar-refractivity contribution >= 4 is 23.4 Å². The summed E-state index contributed by atoms with van der Waals surface area (Å²) in [6.07, 6.45) is 0.430. The van der Waals surface area contributed by atoms with Gasteiger partial charge in [0.25, 0.3) is 0 Å². The van der Waals surface area contributed by atoms with E-state index in [0.717, 1.165) is 22.8 Å². The summed E-state index contributed by atoms with van der Waals surface area (Å²) in [5.74, 6) is 1.48. The SMILES string of the molecule is CCOc1ccc(/C(C)=N\NC(=O)CCSc2ccccc2)cc1. The summed E-state index contributed by atoms with van der Waals surface area (Å²) in [6, 6.07) is 17.7. The molecule has 2 aromatic carbocycles. The summed E-state index contributed by atoms with van der Waals surface area (Å²) in [6.45, 7) is 4.46. The number of hydrogen-bond acceptors (Lipinski definition) is 4. The van der Waals surface area contributed by atoms with Crippen LogP contribution in [0.1, 0.15) is 25.8 Å². The van der Waals surface area contributed by atoms with Gasteiger partial charge >= 0.3 is 0 Å². The molecule has 24 heavy (non-hydrogen) atoms. The van der Waals surface area contributed by atoms with Crippen LogP contribution in [0, 0.1) is 0 Å². The number of hydrogen-bond donors (Lipinski definition) is 1. The van der Waals surface area contributed by atoms with Crippen LogP contribution >= 0.6 is 11.8 Å². The Labute approximate surface area is 147 Å². The zero-order chi connectivity index (χ0) is 17.2. The van der Waals surface area contributed by atoms with Gasteiger partial charge in [0.1, 0.15) is 5.75 Å². The van der Waals surface area contributed by atoms with Crippen LogP contribution in [0.2, 0.25) is 0 Å². The third-order valence-electron chi connectivity index (χ3n) is 3.27. The molecule has 0 heterocycles. The van der Waals surface area contributed by atoms with Gasteiger partial charge in [-0.3, -0.25) is 4.79 Å². The molecule has 0 aliphatic heterocycles. The van der Waals surface area contributed by atoms with Crippen LogP contribution < -0.4 is 10.2 Å². The zero-order valence-electron chi connectivity index (χ0n) is 14.0. The highest BCUT2D eigenvalue weighted by molar-refractivity contribution is 7.99. The lowest BCUT2D eigenvalue weighted by Gasteiger charge is -2.05. The minimum absolute atomic E-state index is 0.0799. The summed E-state index contributed by atoms with van der Waals surface area (Å²) in [5.41, 5.74) is 4.33. The summed E-state index contributed by atoms with van der Waals surface area (Å²) < 4.78 is 5.41. The Morgan fingerprint density at radius 3 is 2.50 bits per heavy atom. The van der Waals surface area contributed by atoms with Crippen molar-refractivity contribution in [3.63, 3.8) is 0 Å². The Kier molecular flexibility index (Phi) is 7.36. The molecule has 0 saturated carbocycles. The molecular formula is C19H22N2O2S. The van der Waals surface area contributed by atoms with E-state index >= 15 is 0 Å². The second kappa shape index (κ2) is 9.78. The lowest BCUT2D eigenvalue weighted by Crippen LogP contribution is -2.19. The quantitative estimate of drug-likeness (QED) is 0.446. The lowest BCUT2D eigenvalue weighted by molar-refractivity contribution is -0.120. The van der Waals surface area contributed by atoms with E-state index in [1.54, 1.807) is 11.8 Å². The second-order valence-corrected chi connectivity index (χ2v) is 6.27. The number of carbonyl (C=O) groups excluding carboxylic acids is 1. The highest BCUT2D eigenvalue weighted by atomic mass is 32.2. The van der Waals surface area contributed by atoms with Gasteiger partial charge in [0.15, 0.2) is 0 Å². The maximum Gasteiger partial charge on any atom is 0.240 e. The van der Waals surface area contributed by atoms with Crippen molar-refractivity contribution in [2.45, 2.75) is 25.2 Å². The first kappa shape index (κ1) is 18.1. The van der Waals surface area contributed by atoms with E-state index in [2.05, 4.69) is 10.5 Å². The Morgan fingerprint density at radius 1 is 1.12 bits per heavy atom. The maximum atomic E-state index is 11.9.